The predicted octanol–water partition coefficient (Wildman–Crippen LogP) is 1.18. The molecule has 0 fully saturated rings. The molecule has 0 spiro atoms. The number of allylic oxidation sites excluding steroid dienone is 1. The van der Waals surface area contributed by atoms with Gasteiger partial charge in [-0.15, -0.1) is 0 Å². The molecule has 2 heterocycles. The largest absolute Gasteiger partial charge is 0.301 e. The van der Waals surface area contributed by atoms with Crippen LogP contribution in [-0.4, -0.2) is 18.5 Å². The van der Waals surface area contributed by atoms with E-state index in [-0.39, 0.29) is 0 Å². The van der Waals surface area contributed by atoms with Gasteiger partial charge in [0.25, 0.3) is 0 Å². The standard InChI is InChI=1S/C9H13N3/c1-6(2)8-3-7-4-11-12-9(7)5-10-8/h3-7,9,12H,1-2H3. The van der Waals surface area contributed by atoms with E-state index in [4.69, 9.17) is 0 Å². The Kier molecular flexibility index (Phi) is 1.71. The van der Waals surface area contributed by atoms with Crippen LogP contribution in [0.2, 0.25) is 0 Å². The highest BCUT2D eigenvalue weighted by Crippen LogP contribution is 2.20. The van der Waals surface area contributed by atoms with Gasteiger partial charge >= 0.3 is 0 Å². The lowest BCUT2D eigenvalue weighted by atomic mass is 9.96. The van der Waals surface area contributed by atoms with Crippen LogP contribution < -0.4 is 5.43 Å². The second kappa shape index (κ2) is 2.73. The Labute approximate surface area is 72.3 Å². The zero-order chi connectivity index (χ0) is 8.55. The lowest BCUT2D eigenvalue weighted by Gasteiger charge is -2.18. The fourth-order valence-corrected chi connectivity index (χ4v) is 1.42. The van der Waals surface area contributed by atoms with Gasteiger partial charge in [-0.1, -0.05) is 19.9 Å². The van der Waals surface area contributed by atoms with Gasteiger partial charge in [0.1, 0.15) is 0 Å². The highest BCUT2D eigenvalue weighted by atomic mass is 15.3. The van der Waals surface area contributed by atoms with Crippen LogP contribution in [0.1, 0.15) is 13.8 Å². The van der Waals surface area contributed by atoms with Crippen molar-refractivity contribution in [2.75, 3.05) is 0 Å². The molecule has 12 heavy (non-hydrogen) atoms. The summed E-state index contributed by atoms with van der Waals surface area (Å²) in [4.78, 5) is 4.37. The van der Waals surface area contributed by atoms with Crippen molar-refractivity contribution in [1.82, 2.24) is 5.43 Å². The Morgan fingerprint density at radius 2 is 2.25 bits per heavy atom. The van der Waals surface area contributed by atoms with Gasteiger partial charge < -0.3 is 5.43 Å². The lowest BCUT2D eigenvalue weighted by molar-refractivity contribution is 0.636. The van der Waals surface area contributed by atoms with Gasteiger partial charge in [0, 0.05) is 24.0 Å². The molecule has 0 radical (unpaired) electrons. The maximum atomic E-state index is 4.37. The van der Waals surface area contributed by atoms with Crippen molar-refractivity contribution in [3.8, 4) is 0 Å². The molecule has 3 nitrogen and oxygen atoms in total. The summed E-state index contributed by atoms with van der Waals surface area (Å²) in [7, 11) is 0. The summed E-state index contributed by atoms with van der Waals surface area (Å²) < 4.78 is 0. The van der Waals surface area contributed by atoms with E-state index in [1.165, 1.54) is 5.70 Å². The maximum absolute atomic E-state index is 4.37. The molecule has 2 rings (SSSR count). The van der Waals surface area contributed by atoms with Crippen LogP contribution in [0.25, 0.3) is 0 Å². The van der Waals surface area contributed by atoms with Gasteiger partial charge in [0.05, 0.1) is 6.04 Å². The number of nitrogens with zero attached hydrogens (tertiary/aromatic N) is 2. The van der Waals surface area contributed by atoms with E-state index >= 15 is 0 Å². The number of aliphatic imine (C=N–C) groups is 1. The summed E-state index contributed by atoms with van der Waals surface area (Å²) in [6.07, 6.45) is 6.09. The number of hydrazone groups is 1. The third-order valence-electron chi connectivity index (χ3n) is 2.22. The quantitative estimate of drug-likeness (QED) is 0.619. The van der Waals surface area contributed by atoms with E-state index in [0.29, 0.717) is 17.9 Å². The minimum atomic E-state index is 0.299. The summed E-state index contributed by atoms with van der Waals surface area (Å²) >= 11 is 0. The normalized spacial score (nSPS) is 31.8. The van der Waals surface area contributed by atoms with Crippen LogP contribution in [-0.2, 0) is 0 Å². The molecule has 0 aliphatic carbocycles. The Bertz CT molecular complexity index is 263. The average Bonchev–Trinajstić information content (AvgIpc) is 2.49. The minimum absolute atomic E-state index is 0.299. The molecule has 0 aromatic rings. The van der Waals surface area contributed by atoms with E-state index in [1.54, 1.807) is 0 Å². The van der Waals surface area contributed by atoms with Crippen molar-refractivity contribution in [2.45, 2.75) is 19.9 Å². The molecular formula is C9H13N3. The molecule has 64 valence electrons. The highest BCUT2D eigenvalue weighted by Gasteiger charge is 2.24. The van der Waals surface area contributed by atoms with Gasteiger partial charge in [-0.05, 0) is 5.92 Å². The molecule has 0 aromatic carbocycles. The topological polar surface area (TPSA) is 36.8 Å². The summed E-state index contributed by atoms with van der Waals surface area (Å²) in [5, 5.41) is 4.01. The summed E-state index contributed by atoms with van der Waals surface area (Å²) in [6.45, 7) is 4.31. The van der Waals surface area contributed by atoms with Crippen molar-refractivity contribution in [3.05, 3.63) is 11.8 Å². The summed E-state index contributed by atoms with van der Waals surface area (Å²) in [5.74, 6) is 0.927. The van der Waals surface area contributed by atoms with E-state index in [1.807, 2.05) is 12.4 Å². The molecule has 1 N–H and O–H groups in total. The van der Waals surface area contributed by atoms with Gasteiger partial charge in [0.2, 0.25) is 0 Å². The first-order chi connectivity index (χ1) is 5.77. The number of hydrogen-bond acceptors (Lipinski definition) is 3. The minimum Gasteiger partial charge on any atom is -0.301 e. The molecule has 0 amide bonds. The van der Waals surface area contributed by atoms with Crippen LogP contribution in [0.4, 0.5) is 0 Å². The number of fused-ring (bicyclic) bond motifs is 1. The van der Waals surface area contributed by atoms with E-state index in [0.717, 1.165) is 0 Å². The second-order valence-corrected chi connectivity index (χ2v) is 3.53. The molecule has 3 heteroatoms. The van der Waals surface area contributed by atoms with Crippen LogP contribution >= 0.6 is 0 Å². The molecule has 2 aliphatic heterocycles. The van der Waals surface area contributed by atoms with Crippen molar-refractivity contribution < 1.29 is 0 Å². The van der Waals surface area contributed by atoms with Crippen LogP contribution in [0.5, 0.6) is 0 Å². The van der Waals surface area contributed by atoms with Gasteiger partial charge in [-0.25, -0.2) is 0 Å². The highest BCUT2D eigenvalue weighted by molar-refractivity contribution is 5.80. The number of rotatable bonds is 1. The van der Waals surface area contributed by atoms with Crippen molar-refractivity contribution >= 4 is 12.4 Å². The first-order valence-corrected chi connectivity index (χ1v) is 4.32. The predicted molar refractivity (Wildman–Crippen MR) is 50.3 cm³/mol. The SMILES string of the molecule is CC(C)C1=CC2C=NNC2C=N1. The van der Waals surface area contributed by atoms with Crippen molar-refractivity contribution in [2.24, 2.45) is 21.9 Å². The molecule has 0 saturated carbocycles. The third kappa shape index (κ3) is 1.15. The fraction of sp³-hybridized carbons (Fsp3) is 0.556. The Balaban J connectivity index is 2.20. The monoisotopic (exact) mass is 163 g/mol. The molecule has 2 unspecified atom stereocenters. The number of nitrogens with one attached hydrogen (secondary N) is 1. The van der Waals surface area contributed by atoms with Gasteiger partial charge in [-0.3, -0.25) is 4.99 Å². The Morgan fingerprint density at radius 3 is 3.00 bits per heavy atom. The zero-order valence-electron chi connectivity index (χ0n) is 7.36. The summed E-state index contributed by atoms with van der Waals surface area (Å²) in [5.41, 5.74) is 4.17. The molecule has 0 aromatic heterocycles. The average molecular weight is 163 g/mol. The van der Waals surface area contributed by atoms with Crippen LogP contribution in [0, 0.1) is 11.8 Å². The van der Waals surface area contributed by atoms with E-state index in [2.05, 4.69) is 35.4 Å². The molecular weight excluding hydrogens is 150 g/mol. The Morgan fingerprint density at radius 1 is 1.42 bits per heavy atom. The lowest BCUT2D eigenvalue weighted by Crippen LogP contribution is -2.30. The molecule has 2 aliphatic rings. The zero-order valence-corrected chi connectivity index (χ0v) is 7.36. The summed E-state index contributed by atoms with van der Waals surface area (Å²) in [6, 6.07) is 0.299. The fourth-order valence-electron chi connectivity index (χ4n) is 1.42. The molecule has 2 atom stereocenters. The Hall–Kier alpha value is -1.12. The van der Waals surface area contributed by atoms with Crippen molar-refractivity contribution in [1.29, 1.82) is 0 Å². The second-order valence-electron chi connectivity index (χ2n) is 3.53. The van der Waals surface area contributed by atoms with Gasteiger partial charge in [0.15, 0.2) is 0 Å². The third-order valence-corrected chi connectivity index (χ3v) is 2.22. The van der Waals surface area contributed by atoms with E-state index in [9.17, 15) is 0 Å². The van der Waals surface area contributed by atoms with Crippen molar-refractivity contribution in [3.63, 3.8) is 0 Å². The number of hydrogen-bond donors (Lipinski definition) is 1. The first kappa shape index (κ1) is 7.53. The van der Waals surface area contributed by atoms with Gasteiger partial charge in [-0.2, -0.15) is 5.10 Å². The molecule has 0 saturated heterocycles. The molecule has 0 bridgehead atoms. The van der Waals surface area contributed by atoms with E-state index < -0.39 is 0 Å². The van der Waals surface area contributed by atoms with Crippen LogP contribution in [0.3, 0.4) is 0 Å². The first-order valence-electron chi connectivity index (χ1n) is 4.32. The van der Waals surface area contributed by atoms with Crippen LogP contribution in [0.15, 0.2) is 21.9 Å². The smallest absolute Gasteiger partial charge is 0.0904 e. The maximum Gasteiger partial charge on any atom is 0.0904 e.